The minimum atomic E-state index is 0.732. The van der Waals surface area contributed by atoms with E-state index in [9.17, 15) is 0 Å². The van der Waals surface area contributed by atoms with Crippen molar-refractivity contribution in [2.45, 2.75) is 13.8 Å². The number of nitrogens with zero attached hydrogens (tertiary/aromatic N) is 1. The summed E-state index contributed by atoms with van der Waals surface area (Å²) in [6.45, 7) is 4.18. The van der Waals surface area contributed by atoms with Crippen molar-refractivity contribution >= 4 is 28.0 Å². The molecule has 3 rings (SSSR count). The van der Waals surface area contributed by atoms with Gasteiger partial charge in [-0.2, -0.15) is 0 Å². The van der Waals surface area contributed by atoms with E-state index < -0.39 is 0 Å². The topological polar surface area (TPSA) is 50.9 Å². The van der Waals surface area contributed by atoms with Crippen LogP contribution >= 0.6 is 0 Å². The predicted molar refractivity (Wildman–Crippen MR) is 85.4 cm³/mol. The molecule has 3 heteroatoms. The van der Waals surface area contributed by atoms with Crippen LogP contribution in [0.25, 0.3) is 10.9 Å². The highest BCUT2D eigenvalue weighted by atomic mass is 14.9. The fourth-order valence-electron chi connectivity index (χ4n) is 2.38. The lowest BCUT2D eigenvalue weighted by Gasteiger charge is -2.13. The second kappa shape index (κ2) is 4.85. The third-order valence-electron chi connectivity index (χ3n) is 3.48. The molecule has 3 nitrogen and oxygen atoms in total. The number of aryl methyl sites for hydroxylation is 2. The number of fused-ring (bicyclic) bond motifs is 1. The Bertz CT molecular complexity index is 778. The standard InChI is InChI=1S/C17H17N3/c1-11-5-6-14(12(2)10-11)20-16-8-7-15-13(17(16)18)4-3-9-19-15/h3-10,20H,18H2,1-2H3. The molecule has 0 saturated carbocycles. The highest BCUT2D eigenvalue weighted by Crippen LogP contribution is 2.31. The Morgan fingerprint density at radius 1 is 1.00 bits per heavy atom. The van der Waals surface area contributed by atoms with Gasteiger partial charge < -0.3 is 11.1 Å². The Hall–Kier alpha value is -2.55. The number of anilines is 3. The van der Waals surface area contributed by atoms with E-state index >= 15 is 0 Å². The van der Waals surface area contributed by atoms with E-state index in [2.05, 4.69) is 42.3 Å². The first-order chi connectivity index (χ1) is 9.65. The molecule has 3 aromatic rings. The normalized spacial score (nSPS) is 10.7. The summed E-state index contributed by atoms with van der Waals surface area (Å²) >= 11 is 0. The molecule has 2 aromatic carbocycles. The number of nitrogens with two attached hydrogens (primary N) is 1. The van der Waals surface area contributed by atoms with Gasteiger partial charge in [-0.3, -0.25) is 4.98 Å². The monoisotopic (exact) mass is 263 g/mol. The highest BCUT2D eigenvalue weighted by molar-refractivity contribution is 5.97. The molecule has 0 aliphatic carbocycles. The van der Waals surface area contributed by atoms with Gasteiger partial charge in [0.2, 0.25) is 0 Å². The molecule has 3 N–H and O–H groups in total. The molecule has 1 heterocycles. The molecule has 0 bridgehead atoms. The van der Waals surface area contributed by atoms with E-state index in [1.807, 2.05) is 24.3 Å². The molecular weight excluding hydrogens is 246 g/mol. The van der Waals surface area contributed by atoms with Crippen molar-refractivity contribution < 1.29 is 0 Å². The van der Waals surface area contributed by atoms with Crippen LogP contribution in [0.3, 0.4) is 0 Å². The maximum atomic E-state index is 6.24. The molecule has 0 aliphatic heterocycles. The number of nitrogens with one attached hydrogen (secondary N) is 1. The van der Waals surface area contributed by atoms with E-state index in [4.69, 9.17) is 5.73 Å². The van der Waals surface area contributed by atoms with Gasteiger partial charge in [0.05, 0.1) is 16.9 Å². The summed E-state index contributed by atoms with van der Waals surface area (Å²) in [6.07, 6.45) is 1.78. The predicted octanol–water partition coefficient (Wildman–Crippen LogP) is 4.18. The quantitative estimate of drug-likeness (QED) is 0.682. The smallest absolute Gasteiger partial charge is 0.0724 e. The first kappa shape index (κ1) is 12.5. The fourth-order valence-corrected chi connectivity index (χ4v) is 2.38. The molecule has 0 amide bonds. The SMILES string of the molecule is Cc1ccc(Nc2ccc3ncccc3c2N)c(C)c1. The van der Waals surface area contributed by atoms with Crippen LogP contribution in [0.4, 0.5) is 17.1 Å². The Kier molecular flexibility index (Phi) is 3.03. The molecule has 1 aromatic heterocycles. The molecule has 0 saturated heterocycles. The number of aromatic nitrogens is 1. The summed E-state index contributed by atoms with van der Waals surface area (Å²) < 4.78 is 0. The van der Waals surface area contributed by atoms with Crippen LogP contribution in [0.1, 0.15) is 11.1 Å². The van der Waals surface area contributed by atoms with Gasteiger partial charge in [-0.15, -0.1) is 0 Å². The fraction of sp³-hybridized carbons (Fsp3) is 0.118. The van der Waals surface area contributed by atoms with Crippen LogP contribution in [-0.2, 0) is 0 Å². The van der Waals surface area contributed by atoms with Gasteiger partial charge in [0.1, 0.15) is 0 Å². The maximum Gasteiger partial charge on any atom is 0.0724 e. The Balaban J connectivity index is 2.04. The zero-order valence-corrected chi connectivity index (χ0v) is 11.6. The van der Waals surface area contributed by atoms with E-state index in [1.54, 1.807) is 6.20 Å². The summed E-state index contributed by atoms with van der Waals surface area (Å²) in [6, 6.07) is 14.2. The van der Waals surface area contributed by atoms with Crippen LogP contribution < -0.4 is 11.1 Å². The van der Waals surface area contributed by atoms with Gasteiger partial charge >= 0.3 is 0 Å². The van der Waals surface area contributed by atoms with Crippen molar-refractivity contribution in [3.05, 3.63) is 59.8 Å². The average Bonchev–Trinajstić information content (AvgIpc) is 2.45. The minimum absolute atomic E-state index is 0.732. The first-order valence-electron chi connectivity index (χ1n) is 6.62. The van der Waals surface area contributed by atoms with Crippen molar-refractivity contribution in [1.82, 2.24) is 4.98 Å². The van der Waals surface area contributed by atoms with E-state index in [0.29, 0.717) is 0 Å². The number of pyridine rings is 1. The van der Waals surface area contributed by atoms with Crippen LogP contribution in [0.2, 0.25) is 0 Å². The molecule has 100 valence electrons. The van der Waals surface area contributed by atoms with E-state index in [-0.39, 0.29) is 0 Å². The molecule has 0 unspecified atom stereocenters. The third kappa shape index (κ3) is 2.18. The van der Waals surface area contributed by atoms with Crippen LogP contribution in [-0.4, -0.2) is 4.98 Å². The van der Waals surface area contributed by atoms with E-state index in [0.717, 1.165) is 28.0 Å². The molecule has 0 fully saturated rings. The number of hydrogen-bond acceptors (Lipinski definition) is 3. The Morgan fingerprint density at radius 3 is 2.60 bits per heavy atom. The van der Waals surface area contributed by atoms with Gasteiger partial charge in [-0.1, -0.05) is 17.7 Å². The van der Waals surface area contributed by atoms with Gasteiger partial charge in [0.15, 0.2) is 0 Å². The number of hydrogen-bond donors (Lipinski definition) is 2. The first-order valence-corrected chi connectivity index (χ1v) is 6.62. The molecular formula is C17H17N3. The lowest BCUT2D eigenvalue weighted by atomic mass is 10.1. The second-order valence-electron chi connectivity index (χ2n) is 5.04. The zero-order chi connectivity index (χ0) is 14.1. The molecule has 0 atom stereocenters. The van der Waals surface area contributed by atoms with Crippen molar-refractivity contribution in [3.63, 3.8) is 0 Å². The Labute approximate surface area is 118 Å². The minimum Gasteiger partial charge on any atom is -0.396 e. The largest absolute Gasteiger partial charge is 0.396 e. The summed E-state index contributed by atoms with van der Waals surface area (Å²) in [4.78, 5) is 4.31. The van der Waals surface area contributed by atoms with Crippen molar-refractivity contribution in [2.75, 3.05) is 11.1 Å². The summed E-state index contributed by atoms with van der Waals surface area (Å²) in [5.41, 5.74) is 12.3. The van der Waals surface area contributed by atoms with Crippen molar-refractivity contribution in [3.8, 4) is 0 Å². The van der Waals surface area contributed by atoms with Gasteiger partial charge in [0.25, 0.3) is 0 Å². The second-order valence-corrected chi connectivity index (χ2v) is 5.04. The number of rotatable bonds is 2. The summed E-state index contributed by atoms with van der Waals surface area (Å²) in [5, 5.41) is 4.38. The van der Waals surface area contributed by atoms with Gasteiger partial charge in [0, 0.05) is 17.3 Å². The van der Waals surface area contributed by atoms with Crippen LogP contribution in [0.5, 0.6) is 0 Å². The average molecular weight is 263 g/mol. The lowest BCUT2D eigenvalue weighted by molar-refractivity contribution is 1.37. The Morgan fingerprint density at radius 2 is 1.80 bits per heavy atom. The molecule has 0 radical (unpaired) electrons. The van der Waals surface area contributed by atoms with Crippen molar-refractivity contribution in [2.24, 2.45) is 0 Å². The van der Waals surface area contributed by atoms with E-state index in [1.165, 1.54) is 11.1 Å². The zero-order valence-electron chi connectivity index (χ0n) is 11.6. The third-order valence-corrected chi connectivity index (χ3v) is 3.48. The summed E-state index contributed by atoms with van der Waals surface area (Å²) in [5.74, 6) is 0. The maximum absolute atomic E-state index is 6.24. The number of benzene rings is 2. The van der Waals surface area contributed by atoms with Gasteiger partial charge in [-0.25, -0.2) is 0 Å². The molecule has 0 spiro atoms. The van der Waals surface area contributed by atoms with Crippen molar-refractivity contribution in [1.29, 1.82) is 0 Å². The summed E-state index contributed by atoms with van der Waals surface area (Å²) in [7, 11) is 0. The molecule has 0 aliphatic rings. The highest BCUT2D eigenvalue weighted by Gasteiger charge is 2.06. The van der Waals surface area contributed by atoms with Crippen LogP contribution in [0.15, 0.2) is 48.7 Å². The molecule has 20 heavy (non-hydrogen) atoms. The lowest BCUT2D eigenvalue weighted by Crippen LogP contribution is -1.99. The number of nitrogen functional groups attached to an aromatic ring is 1. The van der Waals surface area contributed by atoms with Gasteiger partial charge in [-0.05, 0) is 49.7 Å². The van der Waals surface area contributed by atoms with Crippen LogP contribution in [0, 0.1) is 13.8 Å².